The molecule has 0 saturated carbocycles. The van der Waals surface area contributed by atoms with Gasteiger partial charge in [-0.2, -0.15) is 0 Å². The van der Waals surface area contributed by atoms with E-state index in [-0.39, 0.29) is 0 Å². The van der Waals surface area contributed by atoms with E-state index in [1.807, 2.05) is 0 Å². The third-order valence-electron chi connectivity index (χ3n) is 5.67. The van der Waals surface area contributed by atoms with Crippen LogP contribution in [0.5, 0.6) is 0 Å². The fraction of sp³-hybridized carbons (Fsp3) is 0.440. The molecule has 0 bridgehead atoms. The maximum atomic E-state index is 2.39. The highest BCUT2D eigenvalue weighted by molar-refractivity contribution is 5.72. The van der Waals surface area contributed by atoms with Gasteiger partial charge in [-0.1, -0.05) is 59.7 Å². The Kier molecular flexibility index (Phi) is 6.32. The Labute approximate surface area is 159 Å². The Balaban J connectivity index is 1.79. The number of rotatable bonds is 6. The Morgan fingerprint density at radius 1 is 1.00 bits per heavy atom. The number of likely N-dealkylation sites (N-methyl/N-ethyl adjacent to an activating group) is 1. The minimum atomic E-state index is 0.819. The summed E-state index contributed by atoms with van der Waals surface area (Å²) in [5, 5.41) is 0. The fourth-order valence-corrected chi connectivity index (χ4v) is 4.29. The van der Waals surface area contributed by atoms with E-state index in [0.717, 1.165) is 12.5 Å². The number of benzene rings is 2. The molecule has 138 valence electrons. The molecule has 0 spiro atoms. The number of nitrogens with zero attached hydrogens (tertiary/aromatic N) is 1. The molecule has 1 aliphatic carbocycles. The molecule has 1 atom stereocenters. The third kappa shape index (κ3) is 4.86. The first-order valence-electron chi connectivity index (χ1n) is 10.00. The van der Waals surface area contributed by atoms with E-state index in [2.05, 4.69) is 81.4 Å². The lowest BCUT2D eigenvalue weighted by Gasteiger charge is -2.30. The second-order valence-corrected chi connectivity index (χ2v) is 8.27. The molecule has 1 unspecified atom stereocenters. The fourth-order valence-electron chi connectivity index (χ4n) is 4.29. The molecular formula is C25H33N. The molecule has 0 radical (unpaired) electrons. The minimum Gasteiger partial charge on any atom is -0.305 e. The maximum absolute atomic E-state index is 2.39. The lowest BCUT2D eigenvalue weighted by atomic mass is 9.78. The van der Waals surface area contributed by atoms with Crippen LogP contribution in [0.2, 0.25) is 0 Å². The number of hydrogen-bond donors (Lipinski definition) is 0. The average molecular weight is 348 g/mol. The van der Waals surface area contributed by atoms with Crippen molar-refractivity contribution in [2.75, 3.05) is 20.6 Å². The van der Waals surface area contributed by atoms with Crippen LogP contribution in [0.1, 0.15) is 47.9 Å². The van der Waals surface area contributed by atoms with Crippen LogP contribution in [0.15, 0.2) is 54.1 Å². The van der Waals surface area contributed by atoms with Crippen molar-refractivity contribution in [2.24, 2.45) is 5.92 Å². The summed E-state index contributed by atoms with van der Waals surface area (Å²) in [5.74, 6) is 0.819. The highest BCUT2D eigenvalue weighted by Crippen LogP contribution is 2.38. The minimum absolute atomic E-state index is 0.819. The summed E-state index contributed by atoms with van der Waals surface area (Å²) >= 11 is 0. The van der Waals surface area contributed by atoms with Crippen LogP contribution >= 0.6 is 0 Å². The van der Waals surface area contributed by atoms with Crippen molar-refractivity contribution >= 4 is 5.57 Å². The van der Waals surface area contributed by atoms with Gasteiger partial charge < -0.3 is 4.90 Å². The van der Waals surface area contributed by atoms with Crippen LogP contribution in [0.25, 0.3) is 5.57 Å². The molecule has 0 aliphatic heterocycles. The van der Waals surface area contributed by atoms with Crippen molar-refractivity contribution in [3.8, 4) is 0 Å². The smallest absolute Gasteiger partial charge is 0.0192 e. The summed E-state index contributed by atoms with van der Waals surface area (Å²) in [6.45, 7) is 5.56. The molecular weight excluding hydrogens is 314 g/mol. The van der Waals surface area contributed by atoms with Gasteiger partial charge in [-0.3, -0.25) is 0 Å². The van der Waals surface area contributed by atoms with Gasteiger partial charge in [0.25, 0.3) is 0 Å². The van der Waals surface area contributed by atoms with Crippen LogP contribution in [-0.4, -0.2) is 25.5 Å². The van der Waals surface area contributed by atoms with Crippen molar-refractivity contribution in [2.45, 2.75) is 46.0 Å². The van der Waals surface area contributed by atoms with Crippen molar-refractivity contribution < 1.29 is 0 Å². The van der Waals surface area contributed by atoms with Gasteiger partial charge in [0.1, 0.15) is 0 Å². The Morgan fingerprint density at radius 3 is 2.50 bits per heavy atom. The molecule has 1 aliphatic rings. The zero-order valence-electron chi connectivity index (χ0n) is 16.9. The second-order valence-electron chi connectivity index (χ2n) is 8.27. The summed E-state index contributed by atoms with van der Waals surface area (Å²) in [6.07, 6.45) is 6.33. The van der Waals surface area contributed by atoms with Gasteiger partial charge in [0.05, 0.1) is 0 Å². The lowest BCUT2D eigenvalue weighted by molar-refractivity contribution is 0.391. The molecule has 0 fully saturated rings. The Morgan fingerprint density at radius 2 is 1.77 bits per heavy atom. The highest BCUT2D eigenvalue weighted by atomic mass is 15.0. The molecule has 2 aromatic carbocycles. The summed E-state index contributed by atoms with van der Waals surface area (Å²) in [5.41, 5.74) is 9.04. The number of aryl methyl sites for hydroxylation is 3. The molecule has 0 saturated heterocycles. The molecule has 1 heteroatoms. The molecule has 1 nitrogen and oxygen atoms in total. The van der Waals surface area contributed by atoms with Crippen LogP contribution < -0.4 is 0 Å². The van der Waals surface area contributed by atoms with Gasteiger partial charge in [0.15, 0.2) is 0 Å². The monoisotopic (exact) mass is 347 g/mol. The van der Waals surface area contributed by atoms with Crippen molar-refractivity contribution in [3.63, 3.8) is 0 Å². The van der Waals surface area contributed by atoms with E-state index in [1.54, 1.807) is 11.1 Å². The first-order chi connectivity index (χ1) is 12.5. The van der Waals surface area contributed by atoms with Gasteiger partial charge >= 0.3 is 0 Å². The summed E-state index contributed by atoms with van der Waals surface area (Å²) in [7, 11) is 4.39. The van der Waals surface area contributed by atoms with Crippen molar-refractivity contribution in [1.82, 2.24) is 4.90 Å². The Bertz CT molecular complexity index is 755. The summed E-state index contributed by atoms with van der Waals surface area (Å²) in [6, 6.07) is 17.9. The molecule has 0 heterocycles. The normalized spacial score (nSPS) is 17.8. The molecule has 0 aromatic heterocycles. The summed E-state index contributed by atoms with van der Waals surface area (Å²) < 4.78 is 0. The van der Waals surface area contributed by atoms with E-state index < -0.39 is 0 Å². The van der Waals surface area contributed by atoms with E-state index in [1.165, 1.54) is 54.4 Å². The van der Waals surface area contributed by atoms with E-state index in [9.17, 15) is 0 Å². The van der Waals surface area contributed by atoms with E-state index in [4.69, 9.17) is 0 Å². The van der Waals surface area contributed by atoms with Crippen LogP contribution in [0.4, 0.5) is 0 Å². The maximum Gasteiger partial charge on any atom is 0.0192 e. The van der Waals surface area contributed by atoms with Gasteiger partial charge in [-0.25, -0.2) is 0 Å². The number of hydrogen-bond acceptors (Lipinski definition) is 1. The zero-order valence-corrected chi connectivity index (χ0v) is 16.9. The molecule has 2 aromatic rings. The quantitative estimate of drug-likeness (QED) is 0.614. The third-order valence-corrected chi connectivity index (χ3v) is 5.67. The van der Waals surface area contributed by atoms with Crippen LogP contribution in [0, 0.1) is 19.8 Å². The second kappa shape index (κ2) is 8.68. The van der Waals surface area contributed by atoms with E-state index in [0.29, 0.717) is 0 Å². The van der Waals surface area contributed by atoms with Crippen molar-refractivity contribution in [3.05, 3.63) is 76.4 Å². The SMILES string of the molecule is Cc1ccc(C)c(C2=C(CN(C)C)CC(CCc3ccccc3)CC2)c1. The lowest BCUT2D eigenvalue weighted by Crippen LogP contribution is -2.21. The predicted molar refractivity (Wildman–Crippen MR) is 113 cm³/mol. The van der Waals surface area contributed by atoms with E-state index >= 15 is 0 Å². The predicted octanol–water partition coefficient (Wildman–Crippen LogP) is 6.05. The van der Waals surface area contributed by atoms with Crippen molar-refractivity contribution in [1.29, 1.82) is 0 Å². The largest absolute Gasteiger partial charge is 0.305 e. The zero-order chi connectivity index (χ0) is 18.5. The first-order valence-corrected chi connectivity index (χ1v) is 10.00. The summed E-state index contributed by atoms with van der Waals surface area (Å²) in [4.78, 5) is 2.33. The van der Waals surface area contributed by atoms with Crippen LogP contribution in [-0.2, 0) is 6.42 Å². The first kappa shape index (κ1) is 18.9. The van der Waals surface area contributed by atoms with Crippen LogP contribution in [0.3, 0.4) is 0 Å². The topological polar surface area (TPSA) is 3.24 Å². The molecule has 3 rings (SSSR count). The Hall–Kier alpha value is -1.86. The van der Waals surface area contributed by atoms with Gasteiger partial charge in [-0.15, -0.1) is 0 Å². The standard InChI is InChI=1S/C25H33N/c1-19-10-11-20(2)25(16-19)24-15-14-22(17-23(24)18-26(3)4)13-12-21-8-6-5-7-9-21/h5-11,16,22H,12-15,17-18H2,1-4H3. The van der Waals surface area contributed by atoms with Gasteiger partial charge in [-0.05, 0) is 88.2 Å². The van der Waals surface area contributed by atoms with Gasteiger partial charge in [0.2, 0.25) is 0 Å². The van der Waals surface area contributed by atoms with Gasteiger partial charge in [0, 0.05) is 6.54 Å². The molecule has 0 N–H and O–H groups in total. The number of allylic oxidation sites excluding steroid dienone is 1. The highest BCUT2D eigenvalue weighted by Gasteiger charge is 2.23. The molecule has 0 amide bonds. The average Bonchev–Trinajstić information content (AvgIpc) is 2.63. The molecule has 26 heavy (non-hydrogen) atoms.